The van der Waals surface area contributed by atoms with E-state index in [0.29, 0.717) is 64.0 Å². The zero-order chi connectivity index (χ0) is 35.9. The molecule has 2 aromatic carbocycles. The zero-order valence-corrected chi connectivity index (χ0v) is 28.9. The maximum Gasteiger partial charge on any atom is 0.338 e. The van der Waals surface area contributed by atoms with E-state index in [-0.39, 0.29) is 30.1 Å². The van der Waals surface area contributed by atoms with E-state index in [0.717, 1.165) is 29.6 Å². The number of methoxy groups -OCH3 is 4. The summed E-state index contributed by atoms with van der Waals surface area (Å²) in [6.07, 6.45) is 3.21. The Labute approximate surface area is 287 Å². The number of esters is 2. The lowest BCUT2D eigenvalue weighted by Gasteiger charge is -2.24. The molecule has 0 unspecified atom stereocenters. The van der Waals surface area contributed by atoms with Crippen LogP contribution in [0.25, 0.3) is 32.7 Å². The van der Waals surface area contributed by atoms with Gasteiger partial charge in [0.05, 0.1) is 77.0 Å². The summed E-state index contributed by atoms with van der Waals surface area (Å²) in [5.74, 6) is 0.0233. The molecule has 0 amide bonds. The number of benzene rings is 2. The first kappa shape index (κ1) is 35.8. The third-order valence-electron chi connectivity index (χ3n) is 8.18. The van der Waals surface area contributed by atoms with E-state index in [1.807, 2.05) is 13.8 Å². The minimum atomic E-state index is -0.514. The largest absolute Gasteiger partial charge is 0.493 e. The standard InChI is InChI=1S/C18H22N2O5.C18H18N2O5/c2*1-4-25-14-9-11(18(22)24-3)8-13-15(14)16-12(6-5-7-19-16)17(21)20(13)10-23-2/h8-9,19H,4-7,10H2,1-3H3;5-9H,4,10H2,1-3H3. The lowest BCUT2D eigenvalue weighted by molar-refractivity contribution is 0.0591. The van der Waals surface area contributed by atoms with Gasteiger partial charge in [0.25, 0.3) is 11.1 Å². The fourth-order valence-corrected chi connectivity index (χ4v) is 6.11. The highest BCUT2D eigenvalue weighted by molar-refractivity contribution is 6.09. The van der Waals surface area contributed by atoms with Gasteiger partial charge in [0.15, 0.2) is 0 Å². The summed E-state index contributed by atoms with van der Waals surface area (Å²) in [4.78, 5) is 54.2. The highest BCUT2D eigenvalue weighted by Gasteiger charge is 2.24. The molecule has 14 heteroatoms. The first-order valence-corrected chi connectivity index (χ1v) is 16.1. The molecule has 1 aliphatic heterocycles. The van der Waals surface area contributed by atoms with E-state index in [4.69, 9.17) is 28.4 Å². The van der Waals surface area contributed by atoms with Crippen LogP contribution in [-0.4, -0.2) is 74.3 Å². The van der Waals surface area contributed by atoms with Crippen molar-refractivity contribution in [2.45, 2.75) is 40.2 Å². The number of carbonyl (C=O) groups is 2. The van der Waals surface area contributed by atoms with E-state index >= 15 is 0 Å². The summed E-state index contributed by atoms with van der Waals surface area (Å²) in [6, 6.07) is 9.93. The molecule has 0 fully saturated rings. The Balaban J connectivity index is 0.000000194. The Hall–Kier alpha value is -5.47. The van der Waals surface area contributed by atoms with Gasteiger partial charge in [-0.1, -0.05) is 0 Å². The molecule has 14 nitrogen and oxygen atoms in total. The second-order valence-corrected chi connectivity index (χ2v) is 11.2. The average molecular weight is 689 g/mol. The van der Waals surface area contributed by atoms with Crippen LogP contribution in [0.5, 0.6) is 11.5 Å². The first-order valence-electron chi connectivity index (χ1n) is 16.1. The van der Waals surface area contributed by atoms with Crippen LogP contribution in [0, 0.1) is 0 Å². The Morgan fingerprint density at radius 1 is 0.800 bits per heavy atom. The molecule has 0 saturated heterocycles. The predicted molar refractivity (Wildman–Crippen MR) is 188 cm³/mol. The molecular formula is C36H40N4O10. The van der Waals surface area contributed by atoms with Crippen molar-refractivity contribution in [3.63, 3.8) is 0 Å². The minimum absolute atomic E-state index is 0.0381. The summed E-state index contributed by atoms with van der Waals surface area (Å²) in [7, 11) is 5.66. The van der Waals surface area contributed by atoms with E-state index < -0.39 is 11.9 Å². The van der Waals surface area contributed by atoms with Gasteiger partial charge in [-0.15, -0.1) is 0 Å². The quantitative estimate of drug-likeness (QED) is 0.162. The van der Waals surface area contributed by atoms with Crippen molar-refractivity contribution in [2.75, 3.05) is 53.5 Å². The number of anilines is 1. The van der Waals surface area contributed by atoms with Gasteiger partial charge in [-0.25, -0.2) is 9.59 Å². The topological polar surface area (TPSA) is 158 Å². The molecule has 0 aliphatic carbocycles. The number of nitrogens with zero attached hydrogens (tertiary/aromatic N) is 3. The van der Waals surface area contributed by atoms with Gasteiger partial charge in [0.1, 0.15) is 25.0 Å². The highest BCUT2D eigenvalue weighted by atomic mass is 16.5. The van der Waals surface area contributed by atoms with Crippen LogP contribution < -0.4 is 25.9 Å². The molecule has 264 valence electrons. The SMILES string of the molecule is CCOc1cc(C(=O)OC)cc2c1c1c(c(=O)n2COC)CCCN1.CCOc1cc(C(=O)OC)cc2c1c1ncccc1c(=O)n2COC. The fourth-order valence-electron chi connectivity index (χ4n) is 6.11. The zero-order valence-electron chi connectivity index (χ0n) is 28.9. The van der Waals surface area contributed by atoms with Crippen molar-refractivity contribution in [2.24, 2.45) is 0 Å². The minimum Gasteiger partial charge on any atom is -0.493 e. The summed E-state index contributed by atoms with van der Waals surface area (Å²) in [5, 5.41) is 5.23. The number of ether oxygens (including phenoxy) is 6. The van der Waals surface area contributed by atoms with Gasteiger partial charge in [0.2, 0.25) is 0 Å². The average Bonchev–Trinajstić information content (AvgIpc) is 3.14. The second-order valence-electron chi connectivity index (χ2n) is 11.2. The van der Waals surface area contributed by atoms with Crippen LogP contribution in [0.1, 0.15) is 46.5 Å². The van der Waals surface area contributed by atoms with Crippen LogP contribution in [0.4, 0.5) is 5.69 Å². The monoisotopic (exact) mass is 688 g/mol. The summed E-state index contributed by atoms with van der Waals surface area (Å²) < 4.78 is 34.5. The van der Waals surface area contributed by atoms with E-state index in [1.54, 1.807) is 42.6 Å². The van der Waals surface area contributed by atoms with Crippen molar-refractivity contribution in [1.29, 1.82) is 0 Å². The lowest BCUT2D eigenvalue weighted by atomic mass is 9.99. The number of fused-ring (bicyclic) bond motifs is 6. The lowest BCUT2D eigenvalue weighted by Crippen LogP contribution is -2.29. The van der Waals surface area contributed by atoms with Gasteiger partial charge in [-0.2, -0.15) is 0 Å². The molecule has 5 aromatic rings. The van der Waals surface area contributed by atoms with E-state index in [1.165, 1.54) is 37.6 Å². The van der Waals surface area contributed by atoms with Crippen LogP contribution in [0.2, 0.25) is 0 Å². The van der Waals surface area contributed by atoms with Crippen LogP contribution in [-0.2, 0) is 38.8 Å². The summed E-state index contributed by atoms with van der Waals surface area (Å²) in [5.41, 5.74) is 3.39. The Kier molecular flexibility index (Phi) is 11.3. The number of hydrogen-bond acceptors (Lipinski definition) is 12. The fraction of sp³-hybridized carbons (Fsp3) is 0.361. The summed E-state index contributed by atoms with van der Waals surface area (Å²) >= 11 is 0. The number of nitrogens with one attached hydrogen (secondary N) is 1. The van der Waals surface area contributed by atoms with Crippen molar-refractivity contribution in [3.05, 3.63) is 80.0 Å². The molecule has 0 atom stereocenters. The van der Waals surface area contributed by atoms with Gasteiger partial charge < -0.3 is 33.7 Å². The van der Waals surface area contributed by atoms with E-state index in [9.17, 15) is 19.2 Å². The highest BCUT2D eigenvalue weighted by Crippen LogP contribution is 2.37. The molecule has 0 saturated carbocycles. The molecule has 0 spiro atoms. The third kappa shape index (κ3) is 6.71. The van der Waals surface area contributed by atoms with E-state index in [2.05, 4.69) is 10.3 Å². The van der Waals surface area contributed by atoms with Crippen molar-refractivity contribution in [3.8, 4) is 11.5 Å². The Bertz CT molecular complexity index is 2190. The molecule has 0 bridgehead atoms. The van der Waals surface area contributed by atoms with Gasteiger partial charge in [-0.05, 0) is 63.1 Å². The van der Waals surface area contributed by atoms with Crippen molar-refractivity contribution < 1.29 is 38.0 Å². The predicted octanol–water partition coefficient (Wildman–Crippen LogP) is 4.49. The molecule has 50 heavy (non-hydrogen) atoms. The van der Waals surface area contributed by atoms with Crippen LogP contribution in [0.15, 0.2) is 52.2 Å². The van der Waals surface area contributed by atoms with Crippen LogP contribution >= 0.6 is 0 Å². The molecule has 6 rings (SSSR count). The van der Waals surface area contributed by atoms with Gasteiger partial charge in [-0.3, -0.25) is 23.7 Å². The van der Waals surface area contributed by atoms with Gasteiger partial charge >= 0.3 is 11.9 Å². The van der Waals surface area contributed by atoms with Crippen molar-refractivity contribution in [1.82, 2.24) is 14.1 Å². The Morgan fingerprint density at radius 2 is 1.36 bits per heavy atom. The number of pyridine rings is 3. The second kappa shape index (κ2) is 15.8. The third-order valence-corrected chi connectivity index (χ3v) is 8.18. The molecular weight excluding hydrogens is 648 g/mol. The molecule has 4 heterocycles. The molecule has 3 aromatic heterocycles. The normalized spacial score (nSPS) is 12.1. The van der Waals surface area contributed by atoms with Crippen LogP contribution in [0.3, 0.4) is 0 Å². The molecule has 1 N–H and O–H groups in total. The first-order chi connectivity index (χ1) is 24.2. The maximum atomic E-state index is 12.9. The number of rotatable bonds is 10. The molecule has 0 radical (unpaired) electrons. The number of aromatic nitrogens is 3. The maximum absolute atomic E-state index is 12.9. The smallest absolute Gasteiger partial charge is 0.338 e. The van der Waals surface area contributed by atoms with Crippen molar-refractivity contribution >= 4 is 50.3 Å². The number of hydrogen-bond donors (Lipinski definition) is 1. The Morgan fingerprint density at radius 3 is 1.92 bits per heavy atom. The number of carbonyl (C=O) groups excluding carboxylic acids is 2. The summed E-state index contributed by atoms with van der Waals surface area (Å²) in [6.45, 7) is 5.49. The molecule has 1 aliphatic rings. The van der Waals surface area contributed by atoms with Gasteiger partial charge in [0, 0.05) is 32.5 Å².